The van der Waals surface area contributed by atoms with Crippen molar-refractivity contribution in [2.24, 2.45) is 4.99 Å². The number of hydroxylamine groups is 2. The normalized spacial score (nSPS) is 17.2. The number of aryl methyl sites for hydroxylation is 2. The van der Waals surface area contributed by atoms with Crippen molar-refractivity contribution in [1.82, 2.24) is 5.06 Å². The first-order valence-corrected chi connectivity index (χ1v) is 21.2. The van der Waals surface area contributed by atoms with E-state index in [1.165, 1.54) is 0 Å². The lowest BCUT2D eigenvalue weighted by Gasteiger charge is -2.22. The molecule has 7 rings (SSSR count). The summed E-state index contributed by atoms with van der Waals surface area (Å²) in [5, 5.41) is 5.78. The number of hydrogen-bond acceptors (Lipinski definition) is 10. The minimum absolute atomic E-state index is 0.00626. The maximum atomic E-state index is 13.4. The summed E-state index contributed by atoms with van der Waals surface area (Å²) in [4.78, 5) is 78.4. The third-order valence-corrected chi connectivity index (χ3v) is 11.5. The van der Waals surface area contributed by atoms with E-state index in [2.05, 4.69) is 42.6 Å². The SMILES string of the molecule is CC/N=c1\cc2oc3cc(NCC)c(C)cc3c(-c3cc4ccc3C(CC(=O)OCCCCP(=O)(O)O)CC4CCCC(=O)ON3C(=O)CCC3=O)c-2cc1C. The highest BCUT2D eigenvalue weighted by Crippen LogP contribution is 2.49. The summed E-state index contributed by atoms with van der Waals surface area (Å²) in [5.74, 6) is -1.74. The Balaban J connectivity index is 1.38. The molecule has 2 amide bonds. The maximum Gasteiger partial charge on any atom is 0.333 e. The summed E-state index contributed by atoms with van der Waals surface area (Å²) in [6, 6.07) is 14.6. The first-order valence-electron chi connectivity index (χ1n) is 19.4. The lowest BCUT2D eigenvalue weighted by Crippen LogP contribution is -2.31. The van der Waals surface area contributed by atoms with Crippen LogP contribution in [0.3, 0.4) is 0 Å². The van der Waals surface area contributed by atoms with E-state index in [1.54, 1.807) is 0 Å². The molecular formula is C42H50N3O10P. The highest BCUT2D eigenvalue weighted by molar-refractivity contribution is 7.51. The van der Waals surface area contributed by atoms with Crippen molar-refractivity contribution in [3.05, 3.63) is 70.1 Å². The number of nitrogens with zero attached hydrogens (tertiary/aromatic N) is 2. The van der Waals surface area contributed by atoms with Crippen LogP contribution < -0.4 is 10.7 Å². The van der Waals surface area contributed by atoms with Gasteiger partial charge < -0.3 is 29.1 Å². The molecule has 14 heteroatoms. The first-order chi connectivity index (χ1) is 26.8. The standard InChI is InChI=1S/C42H50N3O10P/c1-5-43-34-23-36-32(18-25(34)3)42(33-19-26(4)35(44-6-2)24-37(33)54-36)31-21-28-12-13-30(31)29(22-41(49)53-16-7-8-17-56(50,51)52)20-27(28)10-9-11-40(48)55-45-38(46)14-15-39(45)47/h12-13,18-19,21,23-24,27,29,43H,5-11,14-17,20,22H2,1-4H3,(H2,50,51,52)/b44-35+. The molecule has 0 saturated carbocycles. The van der Waals surface area contributed by atoms with Gasteiger partial charge in [0.25, 0.3) is 11.8 Å². The van der Waals surface area contributed by atoms with Crippen LogP contribution in [0.25, 0.3) is 33.4 Å². The van der Waals surface area contributed by atoms with Crippen LogP contribution in [-0.4, -0.2) is 64.5 Å². The van der Waals surface area contributed by atoms with E-state index >= 15 is 0 Å². The molecule has 298 valence electrons. The Morgan fingerprint density at radius 3 is 2.43 bits per heavy atom. The number of hydrogen-bond donors (Lipinski definition) is 3. The van der Waals surface area contributed by atoms with Gasteiger partial charge in [0.1, 0.15) is 11.3 Å². The molecular weight excluding hydrogens is 737 g/mol. The topological polar surface area (TPSA) is 185 Å². The van der Waals surface area contributed by atoms with Gasteiger partial charge in [-0.2, -0.15) is 0 Å². The van der Waals surface area contributed by atoms with Crippen LogP contribution in [0.2, 0.25) is 0 Å². The van der Waals surface area contributed by atoms with E-state index in [1.807, 2.05) is 32.9 Å². The molecule has 3 aliphatic carbocycles. The number of rotatable bonds is 16. The Bertz CT molecular complexity index is 2230. The van der Waals surface area contributed by atoms with Crippen molar-refractivity contribution in [3.8, 4) is 22.5 Å². The number of unbranched alkanes of at least 4 members (excludes halogenated alkanes) is 1. The molecule has 2 unspecified atom stereocenters. The Morgan fingerprint density at radius 2 is 1.71 bits per heavy atom. The molecule has 1 saturated heterocycles. The van der Waals surface area contributed by atoms with E-state index in [0.717, 1.165) is 61.9 Å². The summed E-state index contributed by atoms with van der Waals surface area (Å²) >= 11 is 0. The molecule has 2 heterocycles. The number of esters is 1. The van der Waals surface area contributed by atoms with Crippen LogP contribution >= 0.6 is 7.60 Å². The second kappa shape index (κ2) is 17.5. The van der Waals surface area contributed by atoms with Crippen molar-refractivity contribution >= 4 is 48.0 Å². The van der Waals surface area contributed by atoms with Crippen LogP contribution in [0.4, 0.5) is 5.69 Å². The molecule has 5 aliphatic rings. The van der Waals surface area contributed by atoms with Crippen LogP contribution in [-0.2, 0) is 33.3 Å². The van der Waals surface area contributed by atoms with Crippen LogP contribution in [0.5, 0.6) is 0 Å². The molecule has 2 aliphatic heterocycles. The van der Waals surface area contributed by atoms with E-state index in [4.69, 9.17) is 19.0 Å². The number of imide groups is 1. The summed E-state index contributed by atoms with van der Waals surface area (Å²) in [6.07, 6.45) is 2.04. The summed E-state index contributed by atoms with van der Waals surface area (Å²) in [5.41, 5.74) is 8.62. The molecule has 1 fully saturated rings. The average Bonchev–Trinajstić information content (AvgIpc) is 3.28. The summed E-state index contributed by atoms with van der Waals surface area (Å²) < 4.78 is 23.5. The lowest BCUT2D eigenvalue weighted by molar-refractivity contribution is -0.197. The number of anilines is 1. The van der Waals surface area contributed by atoms with Crippen molar-refractivity contribution < 1.29 is 47.5 Å². The second-order valence-electron chi connectivity index (χ2n) is 14.7. The number of nitrogens with one attached hydrogen (secondary N) is 1. The molecule has 0 radical (unpaired) electrons. The van der Waals surface area contributed by atoms with Gasteiger partial charge >= 0.3 is 19.5 Å². The minimum atomic E-state index is -4.13. The van der Waals surface area contributed by atoms with Crippen molar-refractivity contribution in [2.45, 2.75) is 97.3 Å². The monoisotopic (exact) mass is 787 g/mol. The zero-order valence-corrected chi connectivity index (χ0v) is 33.3. The first kappa shape index (κ1) is 40.8. The second-order valence-corrected chi connectivity index (χ2v) is 16.5. The Kier molecular flexibility index (Phi) is 12.8. The minimum Gasteiger partial charge on any atom is -0.466 e. The number of benzene rings is 3. The van der Waals surface area contributed by atoms with Crippen LogP contribution in [0, 0.1) is 13.8 Å². The average molecular weight is 788 g/mol. The Hall–Kier alpha value is -4.84. The van der Waals surface area contributed by atoms with Gasteiger partial charge in [0.2, 0.25) is 0 Å². The molecule has 3 N–H and O–H groups in total. The van der Waals surface area contributed by atoms with Gasteiger partial charge in [-0.05, 0) is 112 Å². The zero-order chi connectivity index (χ0) is 40.1. The van der Waals surface area contributed by atoms with Gasteiger partial charge in [0.15, 0.2) is 0 Å². The zero-order valence-electron chi connectivity index (χ0n) is 32.4. The van der Waals surface area contributed by atoms with Crippen LogP contribution in [0.15, 0.2) is 51.9 Å². The predicted molar refractivity (Wildman–Crippen MR) is 211 cm³/mol. The van der Waals surface area contributed by atoms with E-state index in [0.29, 0.717) is 48.6 Å². The highest BCUT2D eigenvalue weighted by Gasteiger charge is 2.34. The van der Waals surface area contributed by atoms with Crippen molar-refractivity contribution in [1.29, 1.82) is 0 Å². The highest BCUT2D eigenvalue weighted by atomic mass is 31.2. The smallest absolute Gasteiger partial charge is 0.333 e. The van der Waals surface area contributed by atoms with Gasteiger partial charge in [-0.25, -0.2) is 4.79 Å². The Labute approximate surface area is 325 Å². The number of fused-ring (bicyclic) bond motifs is 6. The fraction of sp³-hybridized carbons (Fsp3) is 0.452. The molecule has 0 spiro atoms. The fourth-order valence-corrected chi connectivity index (χ4v) is 8.48. The molecule has 13 nitrogen and oxygen atoms in total. The van der Waals surface area contributed by atoms with Gasteiger partial charge in [0.05, 0.1) is 18.4 Å². The third kappa shape index (κ3) is 9.40. The van der Waals surface area contributed by atoms with Gasteiger partial charge in [0, 0.05) is 72.8 Å². The molecule has 56 heavy (non-hydrogen) atoms. The van der Waals surface area contributed by atoms with Gasteiger partial charge in [-0.3, -0.25) is 23.9 Å². The third-order valence-electron chi connectivity index (χ3n) is 10.6. The molecule has 2 aromatic carbocycles. The quantitative estimate of drug-likeness (QED) is 0.0338. The lowest BCUT2D eigenvalue weighted by atomic mass is 9.83. The fourth-order valence-electron chi connectivity index (χ4n) is 7.85. The van der Waals surface area contributed by atoms with Crippen LogP contribution in [0.1, 0.15) is 106 Å². The Morgan fingerprint density at radius 1 is 0.946 bits per heavy atom. The summed E-state index contributed by atoms with van der Waals surface area (Å²) in [6.45, 7) is 9.55. The largest absolute Gasteiger partial charge is 0.466 e. The number of carbonyl (C=O) groups is 4. The predicted octanol–water partition coefficient (Wildman–Crippen LogP) is 7.41. The van der Waals surface area contributed by atoms with Crippen molar-refractivity contribution in [3.63, 3.8) is 0 Å². The molecule has 2 atom stereocenters. The number of amides is 2. The molecule has 2 aromatic rings. The number of carbonyl (C=O) groups excluding carboxylic acids is 4. The molecule has 0 aromatic heterocycles. The van der Waals surface area contributed by atoms with Gasteiger partial charge in [-0.1, -0.05) is 18.2 Å². The van der Waals surface area contributed by atoms with Gasteiger partial charge in [-0.15, -0.1) is 5.06 Å². The number of ether oxygens (including phenoxy) is 1. The van der Waals surface area contributed by atoms with E-state index < -0.39 is 31.3 Å². The van der Waals surface area contributed by atoms with E-state index in [-0.39, 0.29) is 56.7 Å². The maximum absolute atomic E-state index is 13.4. The van der Waals surface area contributed by atoms with Crippen molar-refractivity contribution in [2.75, 3.05) is 31.2 Å². The summed E-state index contributed by atoms with van der Waals surface area (Å²) in [7, 11) is -4.13. The molecule has 2 bridgehead atoms. The van der Waals surface area contributed by atoms with E-state index in [9.17, 15) is 33.5 Å².